The van der Waals surface area contributed by atoms with Crippen molar-refractivity contribution < 1.29 is 14.7 Å². The Morgan fingerprint density at radius 2 is 1.53 bits per heavy atom. The fraction of sp³-hybridized carbons (Fsp3) is 0. The summed E-state index contributed by atoms with van der Waals surface area (Å²) in [6.45, 7) is 0. The molecule has 2 aromatic carbocycles. The zero-order valence-electron chi connectivity index (χ0n) is 9.81. The van der Waals surface area contributed by atoms with Crippen LogP contribution in [0.2, 0.25) is 0 Å². The molecule has 0 unspecified atom stereocenters. The maximum atomic E-state index is 12.4. The number of carbonyl (C=O) groups excluding carboxylic acids is 2. The fourth-order valence-electron chi connectivity index (χ4n) is 2.31. The highest BCUT2D eigenvalue weighted by atomic mass is 16.3. The molecule has 0 atom stereocenters. The number of phenols is 1. The van der Waals surface area contributed by atoms with Gasteiger partial charge < -0.3 is 16.6 Å². The van der Waals surface area contributed by atoms with E-state index in [9.17, 15) is 14.7 Å². The number of ketones is 2. The number of nitrogens with two attached hydrogens (primary N) is 2. The van der Waals surface area contributed by atoms with Crippen molar-refractivity contribution in [2.24, 2.45) is 0 Å². The predicted molar refractivity (Wildman–Crippen MR) is 70.2 cm³/mol. The van der Waals surface area contributed by atoms with E-state index in [0.29, 0.717) is 0 Å². The van der Waals surface area contributed by atoms with Gasteiger partial charge in [-0.2, -0.15) is 0 Å². The number of phenolic OH excluding ortho intramolecular Hbond substituents is 1. The van der Waals surface area contributed by atoms with E-state index in [1.165, 1.54) is 30.3 Å². The van der Waals surface area contributed by atoms with Crippen LogP contribution in [0.15, 0.2) is 30.3 Å². The van der Waals surface area contributed by atoms with Crippen molar-refractivity contribution in [3.8, 4) is 5.75 Å². The molecule has 0 aromatic heterocycles. The van der Waals surface area contributed by atoms with Gasteiger partial charge in [0.05, 0.1) is 22.5 Å². The SMILES string of the molecule is Nc1ccc2c(c1N)C(=O)c1c(O)cccc1C2=O. The van der Waals surface area contributed by atoms with Gasteiger partial charge in [-0.25, -0.2) is 0 Å². The van der Waals surface area contributed by atoms with Crippen molar-refractivity contribution in [3.05, 3.63) is 52.6 Å². The molecule has 0 spiro atoms. The Balaban J connectivity index is 2.40. The molecule has 5 nitrogen and oxygen atoms in total. The Morgan fingerprint density at radius 1 is 0.842 bits per heavy atom. The minimum Gasteiger partial charge on any atom is -0.507 e. The number of fused-ring (bicyclic) bond motifs is 2. The topological polar surface area (TPSA) is 106 Å². The number of hydrogen-bond donors (Lipinski definition) is 3. The molecule has 0 bridgehead atoms. The minimum atomic E-state index is -0.479. The summed E-state index contributed by atoms with van der Waals surface area (Å²) in [5, 5.41) is 9.79. The van der Waals surface area contributed by atoms with Crippen LogP contribution in [0, 0.1) is 0 Å². The van der Waals surface area contributed by atoms with Crippen molar-refractivity contribution in [2.45, 2.75) is 0 Å². The second-order valence-corrected chi connectivity index (χ2v) is 4.35. The molecule has 1 aliphatic carbocycles. The number of carbonyl (C=O) groups is 2. The molecule has 94 valence electrons. The van der Waals surface area contributed by atoms with Crippen molar-refractivity contribution in [1.82, 2.24) is 0 Å². The number of benzene rings is 2. The smallest absolute Gasteiger partial charge is 0.200 e. The van der Waals surface area contributed by atoms with Gasteiger partial charge in [0.1, 0.15) is 5.75 Å². The highest BCUT2D eigenvalue weighted by molar-refractivity contribution is 6.31. The molecule has 2 aromatic rings. The van der Waals surface area contributed by atoms with Crippen molar-refractivity contribution in [3.63, 3.8) is 0 Å². The molecular formula is C14H10N2O3. The molecule has 0 saturated heterocycles. The van der Waals surface area contributed by atoms with Crippen LogP contribution in [-0.4, -0.2) is 16.7 Å². The highest BCUT2D eigenvalue weighted by Crippen LogP contribution is 2.36. The first-order valence-corrected chi connectivity index (χ1v) is 5.61. The molecule has 0 fully saturated rings. The van der Waals surface area contributed by atoms with Crippen LogP contribution in [0.5, 0.6) is 5.75 Å². The van der Waals surface area contributed by atoms with Crippen LogP contribution < -0.4 is 11.5 Å². The van der Waals surface area contributed by atoms with Crippen LogP contribution in [0.4, 0.5) is 11.4 Å². The second-order valence-electron chi connectivity index (χ2n) is 4.35. The summed E-state index contributed by atoms with van der Waals surface area (Å²) in [6, 6.07) is 7.36. The molecule has 0 saturated carbocycles. The molecule has 3 rings (SSSR count). The molecule has 0 radical (unpaired) electrons. The van der Waals surface area contributed by atoms with Gasteiger partial charge in [0, 0.05) is 11.1 Å². The fourth-order valence-corrected chi connectivity index (χ4v) is 2.31. The molecule has 5 heteroatoms. The Hall–Kier alpha value is -2.82. The standard InChI is InChI=1S/C14H10N2O3/c15-8-5-4-7-11(12(8)16)14(19)10-6(13(7)18)2-1-3-9(10)17/h1-5,17H,15-16H2. The van der Waals surface area contributed by atoms with E-state index in [2.05, 4.69) is 0 Å². The van der Waals surface area contributed by atoms with Crippen LogP contribution in [-0.2, 0) is 0 Å². The van der Waals surface area contributed by atoms with E-state index in [1.807, 2.05) is 0 Å². The van der Waals surface area contributed by atoms with E-state index >= 15 is 0 Å². The molecule has 5 N–H and O–H groups in total. The summed E-state index contributed by atoms with van der Waals surface area (Å²) in [7, 11) is 0. The van der Waals surface area contributed by atoms with Crippen LogP contribution in [0.25, 0.3) is 0 Å². The second kappa shape index (κ2) is 3.58. The van der Waals surface area contributed by atoms with Crippen LogP contribution >= 0.6 is 0 Å². The van der Waals surface area contributed by atoms with Crippen molar-refractivity contribution in [2.75, 3.05) is 11.5 Å². The zero-order chi connectivity index (χ0) is 13.7. The van der Waals surface area contributed by atoms with Crippen LogP contribution in [0.3, 0.4) is 0 Å². The van der Waals surface area contributed by atoms with Gasteiger partial charge >= 0.3 is 0 Å². The predicted octanol–water partition coefficient (Wildman–Crippen LogP) is 1.33. The Kier molecular flexibility index (Phi) is 2.13. The van der Waals surface area contributed by atoms with Gasteiger partial charge in [-0.15, -0.1) is 0 Å². The minimum absolute atomic E-state index is 0.0164. The normalized spacial score (nSPS) is 13.1. The molecular weight excluding hydrogens is 244 g/mol. The number of nitrogen functional groups attached to an aromatic ring is 2. The Bertz CT molecular complexity index is 751. The van der Waals surface area contributed by atoms with Crippen molar-refractivity contribution >= 4 is 22.9 Å². The summed E-state index contributed by atoms with van der Waals surface area (Å²) < 4.78 is 0. The highest BCUT2D eigenvalue weighted by Gasteiger charge is 2.33. The van der Waals surface area contributed by atoms with E-state index < -0.39 is 5.78 Å². The lowest BCUT2D eigenvalue weighted by atomic mass is 9.82. The molecule has 0 heterocycles. The Morgan fingerprint density at radius 3 is 2.26 bits per heavy atom. The van der Waals surface area contributed by atoms with Gasteiger partial charge in [-0.1, -0.05) is 12.1 Å². The number of anilines is 2. The van der Waals surface area contributed by atoms with Crippen LogP contribution in [0.1, 0.15) is 31.8 Å². The summed E-state index contributed by atoms with van der Waals surface area (Å²) in [5.41, 5.74) is 12.2. The molecule has 19 heavy (non-hydrogen) atoms. The third kappa shape index (κ3) is 1.35. The van der Waals surface area contributed by atoms with Gasteiger partial charge in [-0.3, -0.25) is 9.59 Å². The summed E-state index contributed by atoms with van der Waals surface area (Å²) in [5.74, 6) is -1.05. The van der Waals surface area contributed by atoms with E-state index in [-0.39, 0.29) is 45.2 Å². The largest absolute Gasteiger partial charge is 0.507 e. The van der Waals surface area contributed by atoms with Gasteiger partial charge in [0.2, 0.25) is 0 Å². The average molecular weight is 254 g/mol. The quantitative estimate of drug-likeness (QED) is 0.525. The lowest BCUT2D eigenvalue weighted by Gasteiger charge is -2.20. The number of hydrogen-bond acceptors (Lipinski definition) is 5. The van der Waals surface area contributed by atoms with E-state index in [4.69, 9.17) is 11.5 Å². The third-order valence-corrected chi connectivity index (χ3v) is 3.27. The van der Waals surface area contributed by atoms with E-state index in [0.717, 1.165) is 0 Å². The van der Waals surface area contributed by atoms with Gasteiger partial charge in [0.15, 0.2) is 11.6 Å². The first kappa shape index (κ1) is 11.3. The summed E-state index contributed by atoms with van der Waals surface area (Å²) >= 11 is 0. The lowest BCUT2D eigenvalue weighted by Crippen LogP contribution is -2.23. The van der Waals surface area contributed by atoms with Crippen molar-refractivity contribution in [1.29, 1.82) is 0 Å². The summed E-state index contributed by atoms with van der Waals surface area (Å²) in [4.78, 5) is 24.7. The number of rotatable bonds is 0. The first-order valence-electron chi connectivity index (χ1n) is 5.61. The molecule has 0 aliphatic heterocycles. The summed E-state index contributed by atoms with van der Waals surface area (Å²) in [6.07, 6.45) is 0. The monoisotopic (exact) mass is 254 g/mol. The van der Waals surface area contributed by atoms with Gasteiger partial charge in [0.25, 0.3) is 0 Å². The maximum absolute atomic E-state index is 12.4. The lowest BCUT2D eigenvalue weighted by molar-refractivity contribution is 0.0977. The van der Waals surface area contributed by atoms with E-state index in [1.54, 1.807) is 0 Å². The maximum Gasteiger partial charge on any atom is 0.200 e. The van der Waals surface area contributed by atoms with Gasteiger partial charge in [-0.05, 0) is 18.2 Å². The number of aromatic hydroxyl groups is 1. The first-order chi connectivity index (χ1) is 9.02. The third-order valence-electron chi connectivity index (χ3n) is 3.27. The average Bonchev–Trinajstić information content (AvgIpc) is 2.39. The Labute approximate surface area is 108 Å². The molecule has 0 amide bonds. The zero-order valence-corrected chi connectivity index (χ0v) is 9.81. The molecule has 1 aliphatic rings.